The lowest BCUT2D eigenvalue weighted by molar-refractivity contribution is 0.579. The summed E-state index contributed by atoms with van der Waals surface area (Å²) < 4.78 is 0. The predicted octanol–water partition coefficient (Wildman–Crippen LogP) is 1.74. The zero-order valence-electron chi connectivity index (χ0n) is 10.9. The van der Waals surface area contributed by atoms with Crippen LogP contribution in [0.3, 0.4) is 0 Å². The van der Waals surface area contributed by atoms with E-state index in [2.05, 4.69) is 13.1 Å². The highest BCUT2D eigenvalue weighted by Gasteiger charge is 1.95. The van der Waals surface area contributed by atoms with Gasteiger partial charge in [-0.3, -0.25) is 0 Å². The zero-order valence-corrected chi connectivity index (χ0v) is 12.3. The van der Waals surface area contributed by atoms with Crippen molar-refractivity contribution >= 4 is 9.52 Å². The average Bonchev–Trinajstić information content (AvgIpc) is 1.52. The molecule has 0 bridgehead atoms. The third kappa shape index (κ3) is 66600. The van der Waals surface area contributed by atoms with Crippen molar-refractivity contribution in [3.63, 3.8) is 0 Å². The molecule has 4 N–H and O–H groups in total. The van der Waals surface area contributed by atoms with Gasteiger partial charge in [-0.1, -0.05) is 13.1 Å². The highest BCUT2D eigenvalue weighted by atomic mass is 28.2. The molecule has 0 atom stereocenters. The molecule has 0 saturated carbocycles. The van der Waals surface area contributed by atoms with E-state index in [0.717, 1.165) is 0 Å². The predicted molar refractivity (Wildman–Crippen MR) is 68.2 cm³/mol. The molecule has 0 amide bonds. The minimum atomic E-state index is 0. The van der Waals surface area contributed by atoms with Crippen LogP contribution in [0.2, 0.25) is 13.1 Å². The molecule has 0 aliphatic rings. The second-order valence-electron chi connectivity index (χ2n) is 5.44. The first kappa shape index (κ1) is 18.8. The molecule has 2 nitrogen and oxygen atoms in total. The van der Waals surface area contributed by atoms with Crippen molar-refractivity contribution in [2.75, 3.05) is 0 Å². The van der Waals surface area contributed by atoms with Gasteiger partial charge in [0.05, 0.1) is 0 Å². The third-order valence-corrected chi connectivity index (χ3v) is 0. The zero-order chi connectivity index (χ0) is 11.7. The second kappa shape index (κ2) is 8.72. The highest BCUT2D eigenvalue weighted by Crippen LogP contribution is 1.88. The van der Waals surface area contributed by atoms with Crippen LogP contribution in [0.25, 0.3) is 0 Å². The van der Waals surface area contributed by atoms with Crippen molar-refractivity contribution in [1.82, 2.24) is 0 Å². The van der Waals surface area contributed by atoms with E-state index < -0.39 is 0 Å². The number of hydrogen-bond donors (Lipinski definition) is 2. The van der Waals surface area contributed by atoms with Crippen molar-refractivity contribution < 1.29 is 0 Å². The molecule has 0 saturated heterocycles. The van der Waals surface area contributed by atoms with Gasteiger partial charge in [0.2, 0.25) is 0 Å². The van der Waals surface area contributed by atoms with Crippen molar-refractivity contribution in [2.24, 2.45) is 11.5 Å². The quantitative estimate of drug-likeness (QED) is 0.593. The standard InChI is InChI=1S/2C4H11N.C2H8Si/c2*1-4(2,3)5;1-3-2/h2*5H2,1-3H3;3H2,1-2H3. The summed E-state index contributed by atoms with van der Waals surface area (Å²) in [6.45, 7) is 16.3. The third-order valence-electron chi connectivity index (χ3n) is 0. The molecule has 0 radical (unpaired) electrons. The van der Waals surface area contributed by atoms with Gasteiger partial charge in [-0.15, -0.1) is 0 Å². The molecule has 0 aromatic heterocycles. The van der Waals surface area contributed by atoms with Crippen molar-refractivity contribution in [1.29, 1.82) is 0 Å². The van der Waals surface area contributed by atoms with Crippen molar-refractivity contribution in [3.8, 4) is 0 Å². The topological polar surface area (TPSA) is 52.0 Å². The summed E-state index contributed by atoms with van der Waals surface area (Å²) in [6.07, 6.45) is 0. The Labute approximate surface area is 87.3 Å². The largest absolute Gasteiger partial charge is 0.326 e. The van der Waals surface area contributed by atoms with E-state index in [1.54, 1.807) is 0 Å². The van der Waals surface area contributed by atoms with Crippen molar-refractivity contribution in [3.05, 3.63) is 0 Å². The molecule has 0 aliphatic carbocycles. The maximum absolute atomic E-state index is 5.35. The van der Waals surface area contributed by atoms with Crippen LogP contribution >= 0.6 is 0 Å². The molecule has 0 rings (SSSR count). The normalized spacial score (nSPS) is 10.6. The fraction of sp³-hybridized carbons (Fsp3) is 1.00. The van der Waals surface area contributed by atoms with Crippen LogP contribution in [0.15, 0.2) is 0 Å². The first-order valence-electron chi connectivity index (χ1n) is 4.99. The summed E-state index contributed by atoms with van der Waals surface area (Å²) >= 11 is 0. The van der Waals surface area contributed by atoms with Gasteiger partial charge in [0, 0.05) is 20.6 Å². The molecule has 0 unspecified atom stereocenters. The molecule has 0 fully saturated rings. The van der Waals surface area contributed by atoms with Crippen LogP contribution in [-0.2, 0) is 0 Å². The molecule has 3 heteroatoms. The highest BCUT2D eigenvalue weighted by molar-refractivity contribution is 6.31. The molecule has 0 spiro atoms. The van der Waals surface area contributed by atoms with Crippen molar-refractivity contribution in [2.45, 2.75) is 65.7 Å². The summed E-state index contributed by atoms with van der Waals surface area (Å²) in [5, 5.41) is 0. The van der Waals surface area contributed by atoms with E-state index in [9.17, 15) is 0 Å². The summed E-state index contributed by atoms with van der Waals surface area (Å²) in [4.78, 5) is 0. The Morgan fingerprint density at radius 3 is 0.692 bits per heavy atom. The molecular weight excluding hydrogens is 176 g/mol. The van der Waals surface area contributed by atoms with E-state index in [0.29, 0.717) is 9.52 Å². The van der Waals surface area contributed by atoms with E-state index in [1.165, 1.54) is 0 Å². The Morgan fingerprint density at radius 1 is 0.692 bits per heavy atom. The number of hydrogen-bond acceptors (Lipinski definition) is 2. The van der Waals surface area contributed by atoms with Crippen LogP contribution in [0.5, 0.6) is 0 Å². The summed E-state index contributed by atoms with van der Waals surface area (Å²) in [5.74, 6) is 0. The van der Waals surface area contributed by atoms with Gasteiger partial charge < -0.3 is 11.5 Å². The summed E-state index contributed by atoms with van der Waals surface area (Å²) in [7, 11) is 0.417. The molecular formula is C10H30N2Si. The number of nitrogens with two attached hydrogens (primary N) is 2. The lowest BCUT2D eigenvalue weighted by Crippen LogP contribution is -2.26. The molecule has 0 aliphatic heterocycles. The minimum absolute atomic E-state index is 0. The first-order valence-corrected chi connectivity index (χ1v) is 7.82. The Bertz CT molecular complexity index is 66.1. The van der Waals surface area contributed by atoms with E-state index in [-0.39, 0.29) is 11.1 Å². The summed E-state index contributed by atoms with van der Waals surface area (Å²) in [5.41, 5.74) is 10.7. The molecule has 0 aromatic carbocycles. The fourth-order valence-electron chi connectivity index (χ4n) is 0. The fourth-order valence-corrected chi connectivity index (χ4v) is 0. The van der Waals surface area contributed by atoms with E-state index in [1.807, 2.05) is 41.5 Å². The van der Waals surface area contributed by atoms with Gasteiger partial charge in [0.1, 0.15) is 0 Å². The Morgan fingerprint density at radius 2 is 0.692 bits per heavy atom. The Kier molecular flexibility index (Phi) is 12.6. The first-order chi connectivity index (χ1) is 5.41. The summed E-state index contributed by atoms with van der Waals surface area (Å²) in [6, 6.07) is 0. The smallest absolute Gasteiger partial charge is 0.0135 e. The second-order valence-corrected chi connectivity index (χ2v) is 6.85. The Hall–Kier alpha value is 0.137. The monoisotopic (exact) mass is 206 g/mol. The Balaban J connectivity index is -0.000000120. The maximum atomic E-state index is 5.35. The van der Waals surface area contributed by atoms with Gasteiger partial charge in [-0.25, -0.2) is 0 Å². The molecule has 0 aromatic rings. The van der Waals surface area contributed by atoms with Gasteiger partial charge in [0.15, 0.2) is 0 Å². The minimum Gasteiger partial charge on any atom is -0.326 e. The van der Waals surface area contributed by atoms with E-state index in [4.69, 9.17) is 11.5 Å². The van der Waals surface area contributed by atoms with Crippen LogP contribution in [0.4, 0.5) is 0 Å². The molecule has 84 valence electrons. The molecule has 0 heterocycles. The lowest BCUT2D eigenvalue weighted by Gasteiger charge is -2.06. The van der Waals surface area contributed by atoms with Crippen LogP contribution < -0.4 is 11.5 Å². The van der Waals surface area contributed by atoms with Gasteiger partial charge >= 0.3 is 0 Å². The van der Waals surface area contributed by atoms with Gasteiger partial charge in [-0.05, 0) is 41.5 Å². The van der Waals surface area contributed by atoms with Gasteiger partial charge in [0.25, 0.3) is 0 Å². The van der Waals surface area contributed by atoms with Crippen LogP contribution in [0, 0.1) is 0 Å². The average molecular weight is 206 g/mol. The van der Waals surface area contributed by atoms with Crippen LogP contribution in [-0.4, -0.2) is 20.6 Å². The number of rotatable bonds is 0. The van der Waals surface area contributed by atoms with Gasteiger partial charge in [-0.2, -0.15) is 0 Å². The van der Waals surface area contributed by atoms with Crippen LogP contribution in [0.1, 0.15) is 41.5 Å². The SMILES string of the molecule is CC(C)(C)N.CC(C)(C)N.C[SiH2]C. The maximum Gasteiger partial charge on any atom is 0.0135 e. The van der Waals surface area contributed by atoms with E-state index >= 15 is 0 Å². The molecule has 13 heavy (non-hydrogen) atoms. The lowest BCUT2D eigenvalue weighted by atomic mass is 10.1.